The standard InChI is InChI=1S/C28H31N3O4S/c1-2-3-4-10-19-34-23-17-15-22(16-18-23)26(32)29-28(36)31-30-27(33)24-13-8-9-14-25(24)35-20-21-11-6-5-7-12-21/h5-9,11-18H,2-4,10,19-20H2,1H3,(H,30,33)(H2,29,31,32,36). The fraction of sp³-hybridized carbons (Fsp3) is 0.250. The molecule has 36 heavy (non-hydrogen) atoms. The molecule has 8 heteroatoms. The fourth-order valence-corrected chi connectivity index (χ4v) is 3.47. The number of hydrogen-bond acceptors (Lipinski definition) is 5. The van der Waals surface area contributed by atoms with Crippen LogP contribution < -0.4 is 25.6 Å². The molecule has 3 aromatic carbocycles. The molecule has 0 spiro atoms. The molecular weight excluding hydrogens is 474 g/mol. The lowest BCUT2D eigenvalue weighted by Gasteiger charge is -2.14. The first-order valence-corrected chi connectivity index (χ1v) is 12.4. The zero-order chi connectivity index (χ0) is 25.6. The summed E-state index contributed by atoms with van der Waals surface area (Å²) >= 11 is 5.15. The van der Waals surface area contributed by atoms with Gasteiger partial charge in [0.05, 0.1) is 12.2 Å². The Kier molecular flexibility index (Phi) is 10.7. The first-order valence-electron chi connectivity index (χ1n) is 12.0. The molecule has 0 fully saturated rings. The van der Waals surface area contributed by atoms with Crippen LogP contribution in [0.4, 0.5) is 0 Å². The molecule has 3 aromatic rings. The molecule has 0 radical (unpaired) electrons. The number of carbonyl (C=O) groups excluding carboxylic acids is 2. The number of hydrazine groups is 1. The highest BCUT2D eigenvalue weighted by atomic mass is 32.1. The highest BCUT2D eigenvalue weighted by molar-refractivity contribution is 7.80. The number of nitrogens with one attached hydrogen (secondary N) is 3. The van der Waals surface area contributed by atoms with Crippen LogP contribution in [0.25, 0.3) is 0 Å². The van der Waals surface area contributed by atoms with Crippen LogP contribution in [0.1, 0.15) is 58.9 Å². The number of rotatable bonds is 11. The van der Waals surface area contributed by atoms with Crippen LogP contribution in [0.3, 0.4) is 0 Å². The number of amides is 2. The minimum atomic E-state index is -0.448. The van der Waals surface area contributed by atoms with E-state index in [1.54, 1.807) is 48.5 Å². The van der Waals surface area contributed by atoms with Gasteiger partial charge in [-0.2, -0.15) is 0 Å². The van der Waals surface area contributed by atoms with Gasteiger partial charge in [0.25, 0.3) is 11.8 Å². The van der Waals surface area contributed by atoms with Crippen LogP contribution in [0.15, 0.2) is 78.9 Å². The van der Waals surface area contributed by atoms with Crippen LogP contribution in [-0.2, 0) is 6.61 Å². The lowest BCUT2D eigenvalue weighted by Crippen LogP contribution is -2.48. The zero-order valence-electron chi connectivity index (χ0n) is 20.3. The van der Waals surface area contributed by atoms with Gasteiger partial charge in [0.1, 0.15) is 18.1 Å². The fourth-order valence-electron chi connectivity index (χ4n) is 3.32. The van der Waals surface area contributed by atoms with Crippen molar-refractivity contribution in [1.29, 1.82) is 0 Å². The minimum Gasteiger partial charge on any atom is -0.494 e. The molecule has 3 N–H and O–H groups in total. The third kappa shape index (κ3) is 8.70. The second-order valence-corrected chi connectivity index (χ2v) is 8.47. The summed E-state index contributed by atoms with van der Waals surface area (Å²) in [6, 6.07) is 23.4. The molecule has 3 rings (SSSR count). The highest BCUT2D eigenvalue weighted by Crippen LogP contribution is 2.19. The van der Waals surface area contributed by atoms with Crippen molar-refractivity contribution >= 4 is 29.1 Å². The Morgan fingerprint density at radius 2 is 1.50 bits per heavy atom. The Hall–Kier alpha value is -3.91. The Balaban J connectivity index is 1.45. The van der Waals surface area contributed by atoms with E-state index in [1.807, 2.05) is 30.3 Å². The predicted molar refractivity (Wildman–Crippen MR) is 144 cm³/mol. The van der Waals surface area contributed by atoms with E-state index < -0.39 is 11.8 Å². The smallest absolute Gasteiger partial charge is 0.273 e. The monoisotopic (exact) mass is 505 g/mol. The maximum absolute atomic E-state index is 12.7. The highest BCUT2D eigenvalue weighted by Gasteiger charge is 2.14. The van der Waals surface area contributed by atoms with Crippen molar-refractivity contribution < 1.29 is 19.1 Å². The largest absolute Gasteiger partial charge is 0.494 e. The number of carbonyl (C=O) groups is 2. The van der Waals surface area contributed by atoms with Crippen molar-refractivity contribution in [2.24, 2.45) is 0 Å². The second-order valence-electron chi connectivity index (χ2n) is 8.07. The van der Waals surface area contributed by atoms with Crippen LogP contribution in [0.5, 0.6) is 11.5 Å². The molecule has 0 saturated heterocycles. The van der Waals surface area contributed by atoms with Gasteiger partial charge in [-0.1, -0.05) is 68.7 Å². The van der Waals surface area contributed by atoms with Gasteiger partial charge in [0.2, 0.25) is 0 Å². The van der Waals surface area contributed by atoms with Crippen molar-refractivity contribution in [3.8, 4) is 11.5 Å². The van der Waals surface area contributed by atoms with E-state index in [9.17, 15) is 9.59 Å². The van der Waals surface area contributed by atoms with Gasteiger partial charge in [-0.05, 0) is 60.6 Å². The summed E-state index contributed by atoms with van der Waals surface area (Å²) < 4.78 is 11.5. The molecule has 7 nitrogen and oxygen atoms in total. The van der Waals surface area contributed by atoms with Gasteiger partial charge in [0, 0.05) is 5.56 Å². The topological polar surface area (TPSA) is 88.7 Å². The molecule has 0 bridgehead atoms. The van der Waals surface area contributed by atoms with E-state index in [2.05, 4.69) is 23.1 Å². The summed E-state index contributed by atoms with van der Waals surface area (Å²) in [6.07, 6.45) is 4.53. The van der Waals surface area contributed by atoms with Crippen LogP contribution in [-0.4, -0.2) is 23.5 Å². The van der Waals surface area contributed by atoms with Gasteiger partial charge in [-0.25, -0.2) is 0 Å². The Bertz CT molecular complexity index is 1140. The Morgan fingerprint density at radius 1 is 0.778 bits per heavy atom. The van der Waals surface area contributed by atoms with Gasteiger partial charge >= 0.3 is 0 Å². The molecular formula is C28H31N3O4S. The van der Waals surface area contributed by atoms with Crippen LogP contribution in [0, 0.1) is 0 Å². The van der Waals surface area contributed by atoms with Crippen LogP contribution in [0.2, 0.25) is 0 Å². The SMILES string of the molecule is CCCCCCOc1ccc(C(=O)NC(=S)NNC(=O)c2ccccc2OCc2ccccc2)cc1. The zero-order valence-corrected chi connectivity index (χ0v) is 21.1. The van der Waals surface area contributed by atoms with E-state index in [1.165, 1.54) is 12.8 Å². The summed E-state index contributed by atoms with van der Waals surface area (Å²) in [6.45, 7) is 3.15. The summed E-state index contributed by atoms with van der Waals surface area (Å²) in [7, 11) is 0. The third-order valence-corrected chi connectivity index (χ3v) is 5.47. The van der Waals surface area contributed by atoms with Gasteiger partial charge in [-0.3, -0.25) is 25.8 Å². The van der Waals surface area contributed by atoms with Crippen molar-refractivity contribution in [1.82, 2.24) is 16.2 Å². The predicted octanol–water partition coefficient (Wildman–Crippen LogP) is 5.17. The van der Waals surface area contributed by atoms with Gasteiger partial charge in [-0.15, -0.1) is 0 Å². The van der Waals surface area contributed by atoms with Crippen molar-refractivity contribution in [3.63, 3.8) is 0 Å². The average molecular weight is 506 g/mol. The van der Waals surface area contributed by atoms with Crippen molar-refractivity contribution in [2.75, 3.05) is 6.61 Å². The average Bonchev–Trinajstić information content (AvgIpc) is 2.91. The summed E-state index contributed by atoms with van der Waals surface area (Å²) in [5.74, 6) is 0.297. The molecule has 0 aliphatic rings. The minimum absolute atomic E-state index is 0.0349. The first kappa shape index (κ1) is 26.7. The first-order chi connectivity index (χ1) is 17.6. The summed E-state index contributed by atoms with van der Waals surface area (Å²) in [5, 5.41) is 2.51. The lowest BCUT2D eigenvalue weighted by molar-refractivity contribution is 0.0930. The third-order valence-electron chi connectivity index (χ3n) is 5.27. The molecule has 0 heterocycles. The number of unbranched alkanes of at least 4 members (excludes halogenated alkanes) is 3. The molecule has 0 saturated carbocycles. The van der Waals surface area contributed by atoms with E-state index >= 15 is 0 Å². The lowest BCUT2D eigenvalue weighted by atomic mass is 10.2. The maximum Gasteiger partial charge on any atom is 0.273 e. The quantitative estimate of drug-likeness (QED) is 0.189. The molecule has 0 atom stereocenters. The van der Waals surface area contributed by atoms with Gasteiger partial charge in [0.15, 0.2) is 5.11 Å². The summed E-state index contributed by atoms with van der Waals surface area (Å²) in [5.41, 5.74) is 6.80. The molecule has 0 aliphatic heterocycles. The Morgan fingerprint density at radius 3 is 2.25 bits per heavy atom. The van der Waals surface area contributed by atoms with Crippen molar-refractivity contribution in [3.05, 3.63) is 95.6 Å². The number of thiocarbonyl (C=S) groups is 1. The molecule has 188 valence electrons. The number of hydrogen-bond donors (Lipinski definition) is 3. The van der Waals surface area contributed by atoms with E-state index in [0.29, 0.717) is 35.8 Å². The second kappa shape index (κ2) is 14.5. The van der Waals surface area contributed by atoms with E-state index in [-0.39, 0.29) is 5.11 Å². The molecule has 0 aromatic heterocycles. The normalized spacial score (nSPS) is 10.2. The van der Waals surface area contributed by atoms with E-state index in [0.717, 1.165) is 18.4 Å². The maximum atomic E-state index is 12.7. The molecule has 2 amide bonds. The number of benzene rings is 3. The Labute approximate surface area is 217 Å². The van der Waals surface area contributed by atoms with E-state index in [4.69, 9.17) is 21.7 Å². The number of para-hydroxylation sites is 1. The van der Waals surface area contributed by atoms with Crippen molar-refractivity contribution in [2.45, 2.75) is 39.2 Å². The molecule has 0 aliphatic carbocycles. The molecule has 0 unspecified atom stereocenters. The summed E-state index contributed by atoms with van der Waals surface area (Å²) in [4.78, 5) is 25.2. The van der Waals surface area contributed by atoms with Crippen LogP contribution >= 0.6 is 12.2 Å². The number of ether oxygens (including phenoxy) is 2. The van der Waals surface area contributed by atoms with Gasteiger partial charge < -0.3 is 9.47 Å².